The lowest BCUT2D eigenvalue weighted by molar-refractivity contribution is 0.512. The molecule has 0 aromatic heterocycles. The molecule has 2 atom stereocenters. The Morgan fingerprint density at radius 2 is 1.95 bits per heavy atom. The number of halogens is 2. The molecule has 1 aromatic carbocycles. The number of hydrogen-bond donors (Lipinski definition) is 2. The average molecular weight is 290 g/mol. The van der Waals surface area contributed by atoms with Gasteiger partial charge in [0.2, 0.25) is 10.0 Å². The van der Waals surface area contributed by atoms with Crippen molar-refractivity contribution in [3.63, 3.8) is 0 Å². The van der Waals surface area contributed by atoms with Crippen LogP contribution in [-0.4, -0.2) is 14.5 Å². The molecule has 19 heavy (non-hydrogen) atoms. The third-order valence-electron chi connectivity index (χ3n) is 3.18. The zero-order valence-corrected chi connectivity index (χ0v) is 11.3. The summed E-state index contributed by atoms with van der Waals surface area (Å²) < 4.78 is 53.4. The maximum absolute atomic E-state index is 13.6. The zero-order chi connectivity index (χ0) is 14.2. The van der Waals surface area contributed by atoms with Crippen LogP contribution in [0.4, 0.5) is 14.5 Å². The van der Waals surface area contributed by atoms with Crippen LogP contribution in [0, 0.1) is 17.6 Å². The van der Waals surface area contributed by atoms with Crippen molar-refractivity contribution in [1.29, 1.82) is 0 Å². The lowest BCUT2D eigenvalue weighted by atomic mass is 10.2. The van der Waals surface area contributed by atoms with Crippen molar-refractivity contribution in [2.75, 3.05) is 5.73 Å². The molecular weight excluding hydrogens is 274 g/mol. The predicted octanol–water partition coefficient (Wildman–Crippen LogP) is 2.01. The Balaban J connectivity index is 2.21. The van der Waals surface area contributed by atoms with Gasteiger partial charge in [0, 0.05) is 11.7 Å². The molecule has 0 radical (unpaired) electrons. The first kappa shape index (κ1) is 14.2. The van der Waals surface area contributed by atoms with E-state index in [0.29, 0.717) is 6.42 Å². The second-order valence-electron chi connectivity index (χ2n) is 4.83. The first-order valence-corrected chi connectivity index (χ1v) is 7.60. The van der Waals surface area contributed by atoms with E-state index in [-0.39, 0.29) is 17.6 Å². The number of sulfonamides is 1. The third kappa shape index (κ3) is 3.03. The molecule has 0 bridgehead atoms. The highest BCUT2D eigenvalue weighted by molar-refractivity contribution is 7.89. The van der Waals surface area contributed by atoms with E-state index in [1.165, 1.54) is 0 Å². The standard InChI is InChI=1S/C12H16F2N2O2S/c1-2-3-7-4-11(7)16-19(17,18)12-9(13)5-8(15)6-10(12)14/h5-7,11,16H,2-4,15H2,1H3. The predicted molar refractivity (Wildman–Crippen MR) is 67.9 cm³/mol. The van der Waals surface area contributed by atoms with E-state index in [4.69, 9.17) is 5.73 Å². The molecule has 7 heteroatoms. The minimum atomic E-state index is -4.18. The van der Waals surface area contributed by atoms with Crippen LogP contribution >= 0.6 is 0 Å². The summed E-state index contributed by atoms with van der Waals surface area (Å²) in [5.74, 6) is -2.07. The van der Waals surface area contributed by atoms with Crippen LogP contribution in [-0.2, 0) is 10.0 Å². The van der Waals surface area contributed by atoms with Crippen molar-refractivity contribution >= 4 is 15.7 Å². The fraction of sp³-hybridized carbons (Fsp3) is 0.500. The normalized spacial score (nSPS) is 22.5. The molecular formula is C12H16F2N2O2S. The number of rotatable bonds is 5. The minimum Gasteiger partial charge on any atom is -0.399 e. The largest absolute Gasteiger partial charge is 0.399 e. The molecule has 3 N–H and O–H groups in total. The molecule has 1 aliphatic rings. The second kappa shape index (κ2) is 5.05. The Morgan fingerprint density at radius 1 is 1.37 bits per heavy atom. The molecule has 0 aliphatic heterocycles. The molecule has 1 aliphatic carbocycles. The fourth-order valence-electron chi connectivity index (χ4n) is 2.18. The highest BCUT2D eigenvalue weighted by Gasteiger charge is 2.40. The first-order valence-electron chi connectivity index (χ1n) is 6.12. The van der Waals surface area contributed by atoms with E-state index in [9.17, 15) is 17.2 Å². The topological polar surface area (TPSA) is 72.2 Å². The van der Waals surface area contributed by atoms with Gasteiger partial charge in [-0.2, -0.15) is 0 Å². The van der Waals surface area contributed by atoms with Gasteiger partial charge in [-0.3, -0.25) is 0 Å². The van der Waals surface area contributed by atoms with E-state index in [0.717, 1.165) is 25.0 Å². The van der Waals surface area contributed by atoms with Gasteiger partial charge in [-0.1, -0.05) is 13.3 Å². The molecule has 1 saturated carbocycles. The van der Waals surface area contributed by atoms with Crippen molar-refractivity contribution in [2.24, 2.45) is 5.92 Å². The lowest BCUT2D eigenvalue weighted by Gasteiger charge is -2.09. The Hall–Kier alpha value is -1.21. The third-order valence-corrected chi connectivity index (χ3v) is 4.72. The lowest BCUT2D eigenvalue weighted by Crippen LogP contribution is -2.28. The average Bonchev–Trinajstić information content (AvgIpc) is 2.93. The minimum absolute atomic E-state index is 0.149. The highest BCUT2D eigenvalue weighted by Crippen LogP contribution is 2.36. The molecule has 0 saturated heterocycles. The molecule has 4 nitrogen and oxygen atoms in total. The molecule has 1 aromatic rings. The smallest absolute Gasteiger partial charge is 0.246 e. The van der Waals surface area contributed by atoms with Gasteiger partial charge < -0.3 is 5.73 Å². The van der Waals surface area contributed by atoms with E-state index < -0.39 is 26.6 Å². The van der Waals surface area contributed by atoms with Gasteiger partial charge in [0.05, 0.1) is 0 Å². The summed E-state index contributed by atoms with van der Waals surface area (Å²) in [4.78, 5) is -0.955. The fourth-order valence-corrected chi connectivity index (χ4v) is 3.61. The Morgan fingerprint density at radius 3 is 2.47 bits per heavy atom. The molecule has 0 heterocycles. The van der Waals surface area contributed by atoms with Crippen LogP contribution in [0.2, 0.25) is 0 Å². The first-order chi connectivity index (χ1) is 8.85. The van der Waals surface area contributed by atoms with Crippen LogP contribution in [0.25, 0.3) is 0 Å². The van der Waals surface area contributed by atoms with Crippen LogP contribution in [0.15, 0.2) is 17.0 Å². The van der Waals surface area contributed by atoms with Crippen molar-refractivity contribution < 1.29 is 17.2 Å². The highest BCUT2D eigenvalue weighted by atomic mass is 32.2. The van der Waals surface area contributed by atoms with Crippen LogP contribution < -0.4 is 10.5 Å². The van der Waals surface area contributed by atoms with Gasteiger partial charge in [0.1, 0.15) is 11.6 Å². The van der Waals surface area contributed by atoms with E-state index >= 15 is 0 Å². The summed E-state index contributed by atoms with van der Waals surface area (Å²) in [7, 11) is -4.18. The zero-order valence-electron chi connectivity index (χ0n) is 10.5. The van der Waals surface area contributed by atoms with Crippen molar-refractivity contribution in [3.05, 3.63) is 23.8 Å². The number of hydrogen-bond acceptors (Lipinski definition) is 3. The summed E-state index contributed by atoms with van der Waals surface area (Å²) in [6.07, 6.45) is 2.57. The van der Waals surface area contributed by atoms with E-state index in [2.05, 4.69) is 4.72 Å². The maximum Gasteiger partial charge on any atom is 0.246 e. The van der Waals surface area contributed by atoms with Crippen molar-refractivity contribution in [3.8, 4) is 0 Å². The molecule has 0 amide bonds. The van der Waals surface area contributed by atoms with Crippen molar-refractivity contribution in [2.45, 2.75) is 37.1 Å². The maximum atomic E-state index is 13.6. The number of nitrogens with two attached hydrogens (primary N) is 1. The molecule has 0 spiro atoms. The molecule has 106 valence electrons. The summed E-state index contributed by atoms with van der Waals surface area (Å²) >= 11 is 0. The van der Waals surface area contributed by atoms with Gasteiger partial charge in [-0.05, 0) is 30.9 Å². The second-order valence-corrected chi connectivity index (χ2v) is 6.48. The number of anilines is 1. The van der Waals surface area contributed by atoms with Crippen LogP contribution in [0.1, 0.15) is 26.2 Å². The van der Waals surface area contributed by atoms with Gasteiger partial charge in [0.25, 0.3) is 0 Å². The Kier molecular flexibility index (Phi) is 3.78. The van der Waals surface area contributed by atoms with E-state index in [1.807, 2.05) is 6.92 Å². The summed E-state index contributed by atoms with van der Waals surface area (Å²) in [5.41, 5.74) is 5.10. The van der Waals surface area contributed by atoms with Gasteiger partial charge in [0.15, 0.2) is 4.90 Å². The monoisotopic (exact) mass is 290 g/mol. The Bertz CT molecular complexity index is 566. The number of benzene rings is 1. The Labute approximate surface area is 111 Å². The van der Waals surface area contributed by atoms with Crippen LogP contribution in [0.3, 0.4) is 0 Å². The quantitative estimate of drug-likeness (QED) is 0.815. The number of nitrogen functional groups attached to an aromatic ring is 1. The summed E-state index contributed by atoms with van der Waals surface area (Å²) in [6.45, 7) is 2.00. The van der Waals surface area contributed by atoms with Gasteiger partial charge in [-0.15, -0.1) is 0 Å². The number of nitrogens with one attached hydrogen (secondary N) is 1. The van der Waals surface area contributed by atoms with Gasteiger partial charge in [-0.25, -0.2) is 21.9 Å². The summed E-state index contributed by atoms with van der Waals surface area (Å²) in [6, 6.07) is 1.38. The summed E-state index contributed by atoms with van der Waals surface area (Å²) in [5, 5.41) is 0. The van der Waals surface area contributed by atoms with E-state index in [1.54, 1.807) is 0 Å². The van der Waals surface area contributed by atoms with Crippen molar-refractivity contribution in [1.82, 2.24) is 4.72 Å². The SMILES string of the molecule is CCCC1CC1NS(=O)(=O)c1c(F)cc(N)cc1F. The molecule has 2 unspecified atom stereocenters. The molecule has 1 fully saturated rings. The van der Waals surface area contributed by atoms with Gasteiger partial charge >= 0.3 is 0 Å². The van der Waals surface area contributed by atoms with Crippen LogP contribution in [0.5, 0.6) is 0 Å². The molecule has 2 rings (SSSR count).